The molecule has 5 rings (SSSR count). The van der Waals surface area contributed by atoms with Crippen LogP contribution in [0.15, 0.2) is 12.1 Å². The number of hydrogen-bond acceptors (Lipinski definition) is 6. The number of ether oxygens (including phenoxy) is 2. The van der Waals surface area contributed by atoms with Crippen molar-refractivity contribution in [2.75, 3.05) is 33.3 Å². The molecule has 0 unspecified atom stereocenters. The highest BCUT2D eigenvalue weighted by Gasteiger charge is 2.65. The normalized spacial score (nSPS) is 35.1. The van der Waals surface area contributed by atoms with Crippen LogP contribution >= 0.6 is 0 Å². The first-order valence-corrected chi connectivity index (χ1v) is 10.4. The van der Waals surface area contributed by atoms with Crippen LogP contribution in [0.4, 0.5) is 0 Å². The molecule has 2 aliphatic carbocycles. The molecule has 4 N–H and O–H groups in total. The lowest BCUT2D eigenvalue weighted by atomic mass is 9.51. The lowest BCUT2D eigenvalue weighted by Gasteiger charge is -2.58. The number of likely N-dealkylation sites (tertiary alicyclic amines) is 1. The standard InChI is InChI=1S/C21H29N3O4/c1-24-9-6-21-13-3-4-15(25)20(21)28-19-16(27-11-17(26)23-8-7-22)5-2-12(18(19)21)10-14(13)24/h2,5,13-15,20,25H,3-4,6-11,22H2,1H3,(H,23,26)/t13-,14+,15-,20-,21-/m0/s1. The molecule has 1 saturated carbocycles. The van der Waals surface area contributed by atoms with Gasteiger partial charge in [-0.05, 0) is 56.8 Å². The fraction of sp³-hybridized carbons (Fsp3) is 0.667. The van der Waals surface area contributed by atoms with Crippen LogP contribution in [0.5, 0.6) is 11.5 Å². The number of nitrogens with one attached hydrogen (secondary N) is 1. The van der Waals surface area contributed by atoms with E-state index in [4.69, 9.17) is 15.2 Å². The van der Waals surface area contributed by atoms with Gasteiger partial charge in [0.25, 0.3) is 5.91 Å². The van der Waals surface area contributed by atoms with Crippen molar-refractivity contribution < 1.29 is 19.4 Å². The number of hydrogen-bond donors (Lipinski definition) is 3. The number of aliphatic hydroxyl groups excluding tert-OH is 1. The molecule has 2 bridgehead atoms. The highest BCUT2D eigenvalue weighted by atomic mass is 16.5. The van der Waals surface area contributed by atoms with Gasteiger partial charge < -0.3 is 30.5 Å². The van der Waals surface area contributed by atoms with Crippen LogP contribution in [0, 0.1) is 5.92 Å². The van der Waals surface area contributed by atoms with Gasteiger partial charge in [0.15, 0.2) is 18.1 Å². The number of amides is 1. The number of aliphatic hydroxyl groups is 1. The predicted octanol–water partition coefficient (Wildman–Crippen LogP) is 0.170. The second-order valence-corrected chi connectivity index (χ2v) is 8.69. The van der Waals surface area contributed by atoms with Gasteiger partial charge >= 0.3 is 0 Å². The fourth-order valence-corrected chi connectivity index (χ4v) is 6.22. The van der Waals surface area contributed by atoms with E-state index in [1.54, 1.807) is 0 Å². The van der Waals surface area contributed by atoms with Crippen molar-refractivity contribution in [1.29, 1.82) is 0 Å². The second-order valence-electron chi connectivity index (χ2n) is 8.69. The summed E-state index contributed by atoms with van der Waals surface area (Å²) in [7, 11) is 2.22. The van der Waals surface area contributed by atoms with Gasteiger partial charge in [0.1, 0.15) is 6.10 Å². The molecule has 28 heavy (non-hydrogen) atoms. The number of rotatable bonds is 5. The molecule has 1 aromatic carbocycles. The van der Waals surface area contributed by atoms with Gasteiger partial charge in [-0.15, -0.1) is 0 Å². The van der Waals surface area contributed by atoms with Gasteiger partial charge in [0.05, 0.1) is 6.10 Å². The summed E-state index contributed by atoms with van der Waals surface area (Å²) in [5.74, 6) is 1.66. The summed E-state index contributed by atoms with van der Waals surface area (Å²) in [6.07, 6.45) is 3.14. The maximum Gasteiger partial charge on any atom is 0.257 e. The topological polar surface area (TPSA) is 97.1 Å². The third kappa shape index (κ3) is 2.42. The monoisotopic (exact) mass is 387 g/mol. The molecule has 2 aliphatic heterocycles. The molecule has 0 aromatic heterocycles. The summed E-state index contributed by atoms with van der Waals surface area (Å²) in [6.45, 7) is 1.78. The minimum Gasteiger partial charge on any atom is -0.483 e. The molecule has 4 aliphatic rings. The first kappa shape index (κ1) is 18.2. The molecule has 1 aromatic rings. The van der Waals surface area contributed by atoms with Crippen molar-refractivity contribution in [3.05, 3.63) is 23.3 Å². The Bertz CT molecular complexity index is 800. The summed E-state index contributed by atoms with van der Waals surface area (Å²) in [4.78, 5) is 14.4. The van der Waals surface area contributed by atoms with E-state index >= 15 is 0 Å². The molecule has 1 saturated heterocycles. The van der Waals surface area contributed by atoms with Crippen LogP contribution in [-0.4, -0.2) is 67.5 Å². The van der Waals surface area contributed by atoms with Crippen molar-refractivity contribution >= 4 is 5.91 Å². The summed E-state index contributed by atoms with van der Waals surface area (Å²) < 4.78 is 12.3. The van der Waals surface area contributed by atoms with E-state index < -0.39 is 6.10 Å². The Morgan fingerprint density at radius 3 is 3.14 bits per heavy atom. The third-order valence-corrected chi connectivity index (χ3v) is 7.37. The van der Waals surface area contributed by atoms with Gasteiger partial charge in [0, 0.05) is 30.1 Å². The number of carbonyl (C=O) groups excluding carboxylic acids is 1. The largest absolute Gasteiger partial charge is 0.483 e. The Balaban J connectivity index is 1.52. The van der Waals surface area contributed by atoms with Crippen molar-refractivity contribution in [1.82, 2.24) is 10.2 Å². The van der Waals surface area contributed by atoms with Gasteiger partial charge in [-0.1, -0.05) is 6.07 Å². The van der Waals surface area contributed by atoms with E-state index in [2.05, 4.69) is 23.3 Å². The van der Waals surface area contributed by atoms with Gasteiger partial charge in [-0.25, -0.2) is 0 Å². The van der Waals surface area contributed by atoms with Crippen LogP contribution in [0.25, 0.3) is 0 Å². The molecule has 1 spiro atoms. The lowest BCUT2D eigenvalue weighted by molar-refractivity contribution is -0.123. The van der Waals surface area contributed by atoms with Gasteiger partial charge in [-0.2, -0.15) is 0 Å². The number of nitrogens with two attached hydrogens (primary N) is 1. The van der Waals surface area contributed by atoms with E-state index in [9.17, 15) is 9.90 Å². The quantitative estimate of drug-likeness (QED) is 0.667. The molecule has 0 radical (unpaired) electrons. The summed E-state index contributed by atoms with van der Waals surface area (Å²) in [6, 6.07) is 4.54. The average molecular weight is 387 g/mol. The molecule has 7 heteroatoms. The molecular weight excluding hydrogens is 358 g/mol. The highest BCUT2D eigenvalue weighted by molar-refractivity contribution is 5.77. The van der Waals surface area contributed by atoms with E-state index in [0.717, 1.165) is 38.0 Å². The average Bonchev–Trinajstić information content (AvgIpc) is 3.05. The molecule has 7 nitrogen and oxygen atoms in total. The highest BCUT2D eigenvalue weighted by Crippen LogP contribution is 2.63. The maximum atomic E-state index is 11.9. The van der Waals surface area contributed by atoms with E-state index in [0.29, 0.717) is 30.8 Å². The number of piperidine rings is 1. The van der Waals surface area contributed by atoms with Crippen LogP contribution in [-0.2, 0) is 16.6 Å². The molecule has 5 atom stereocenters. The molecular formula is C21H29N3O4. The SMILES string of the molecule is CN1CC[C@]23c4c5ccc(OCC(=O)NCCN)c4O[C@H]2[C@@H](O)CC[C@H]3[C@H]1C5. The lowest BCUT2D eigenvalue weighted by Crippen LogP contribution is -2.66. The predicted molar refractivity (Wildman–Crippen MR) is 104 cm³/mol. The van der Waals surface area contributed by atoms with Gasteiger partial charge in [0.2, 0.25) is 0 Å². The summed E-state index contributed by atoms with van der Waals surface area (Å²) in [5.41, 5.74) is 7.85. The number of nitrogens with zero attached hydrogens (tertiary/aromatic N) is 1. The molecule has 2 fully saturated rings. The zero-order chi connectivity index (χ0) is 19.5. The molecule has 2 heterocycles. The van der Waals surface area contributed by atoms with E-state index in [1.807, 2.05) is 6.07 Å². The number of likely N-dealkylation sites (N-methyl/N-ethyl adjacent to an activating group) is 1. The van der Waals surface area contributed by atoms with E-state index in [1.165, 1.54) is 11.1 Å². The fourth-order valence-electron chi connectivity index (χ4n) is 6.22. The molecule has 152 valence electrons. The van der Waals surface area contributed by atoms with E-state index in [-0.39, 0.29) is 24.0 Å². The van der Waals surface area contributed by atoms with Crippen LogP contribution in [0.3, 0.4) is 0 Å². The Morgan fingerprint density at radius 2 is 2.32 bits per heavy atom. The number of carbonyl (C=O) groups is 1. The maximum absolute atomic E-state index is 11.9. The van der Waals surface area contributed by atoms with Crippen molar-refractivity contribution in [3.8, 4) is 11.5 Å². The Hall–Kier alpha value is -1.83. The Morgan fingerprint density at radius 1 is 1.46 bits per heavy atom. The zero-order valence-corrected chi connectivity index (χ0v) is 16.3. The van der Waals surface area contributed by atoms with Gasteiger partial charge in [-0.3, -0.25) is 4.79 Å². The number of benzene rings is 1. The van der Waals surface area contributed by atoms with Crippen LogP contribution in [0.1, 0.15) is 30.4 Å². The van der Waals surface area contributed by atoms with Crippen molar-refractivity contribution in [2.24, 2.45) is 11.7 Å². The third-order valence-electron chi connectivity index (χ3n) is 7.37. The Kier molecular flexibility index (Phi) is 4.30. The van der Waals surface area contributed by atoms with Crippen molar-refractivity contribution in [2.45, 2.75) is 49.3 Å². The smallest absolute Gasteiger partial charge is 0.257 e. The summed E-state index contributed by atoms with van der Waals surface area (Å²) in [5, 5.41) is 13.5. The van der Waals surface area contributed by atoms with Crippen molar-refractivity contribution in [3.63, 3.8) is 0 Å². The second kappa shape index (κ2) is 6.61. The zero-order valence-electron chi connectivity index (χ0n) is 16.3. The van der Waals surface area contributed by atoms with Crippen LogP contribution < -0.4 is 20.5 Å². The van der Waals surface area contributed by atoms with Crippen LogP contribution in [0.2, 0.25) is 0 Å². The molecule has 1 amide bonds. The minimum atomic E-state index is -0.459. The first-order chi connectivity index (χ1) is 13.6. The first-order valence-electron chi connectivity index (χ1n) is 10.4. The summed E-state index contributed by atoms with van der Waals surface area (Å²) >= 11 is 0. The Labute approximate surface area is 165 Å². The minimum absolute atomic E-state index is 0.0653.